The Morgan fingerprint density at radius 3 is 1.53 bits per heavy atom. The first kappa shape index (κ1) is 14.0. The maximum Gasteiger partial charge on any atom is 0.381 e. The molecule has 0 bridgehead atoms. The molecule has 0 spiro atoms. The summed E-state index contributed by atoms with van der Waals surface area (Å²) in [6, 6.07) is 0. The number of aliphatic carboxylic acids is 1. The number of carboxylic acids is 1. The van der Waals surface area contributed by atoms with Gasteiger partial charge in [0.25, 0.3) is 0 Å². The van der Waals surface area contributed by atoms with Crippen molar-refractivity contribution in [3.63, 3.8) is 0 Å². The highest BCUT2D eigenvalue weighted by atomic mass is 19.4. The van der Waals surface area contributed by atoms with E-state index in [0.29, 0.717) is 0 Å². The monoisotopic (exact) mass is 239 g/mol. The number of hydrogen-bond donors (Lipinski definition) is 1. The van der Waals surface area contributed by atoms with E-state index in [2.05, 4.69) is 0 Å². The maximum atomic E-state index is 12.9. The van der Waals surface area contributed by atoms with Gasteiger partial charge in [0, 0.05) is 0 Å². The van der Waals surface area contributed by atoms with Gasteiger partial charge in [0.15, 0.2) is 5.67 Å². The van der Waals surface area contributed by atoms with Crippen LogP contribution in [0.2, 0.25) is 0 Å². The molecule has 0 aliphatic carbocycles. The molecule has 0 aliphatic rings. The summed E-state index contributed by atoms with van der Waals surface area (Å²) in [6.07, 6.45) is 0. The minimum Gasteiger partial charge on any atom is -0.478 e. The molecule has 0 saturated heterocycles. The second-order valence-electron chi connectivity index (χ2n) is 3.21. The molecule has 0 aromatic heterocycles. The Morgan fingerprint density at radius 2 is 1.47 bits per heavy atom. The average Bonchev–Trinajstić information content (AvgIpc) is 1.99. The Kier molecular flexibility index (Phi) is 3.31. The zero-order valence-electron chi connectivity index (χ0n) is 7.57. The molecule has 0 saturated carbocycles. The number of carbonyl (C=O) groups is 1. The number of carboxylic acid groups (broad SMARTS) is 1. The SMILES string of the molecule is CC(C)(F)C(F)(F)[C@@](F)(C(=O)O)N(F)F. The Balaban J connectivity index is 5.57. The molecular weight excluding hydrogens is 232 g/mol. The van der Waals surface area contributed by atoms with Gasteiger partial charge in [-0.15, -0.1) is 0 Å². The predicted octanol–water partition coefficient (Wildman–Crippen LogP) is 2.19. The summed E-state index contributed by atoms with van der Waals surface area (Å²) in [5.74, 6) is -14.0. The quantitative estimate of drug-likeness (QED) is 0.464. The minimum atomic E-state index is -5.42. The number of hydrogen-bond acceptors (Lipinski definition) is 2. The molecule has 0 heterocycles. The molecule has 0 fully saturated rings. The molecule has 0 aliphatic heterocycles. The van der Waals surface area contributed by atoms with E-state index in [9.17, 15) is 31.3 Å². The van der Waals surface area contributed by atoms with Crippen molar-refractivity contribution in [1.82, 2.24) is 5.34 Å². The van der Waals surface area contributed by atoms with Crippen molar-refractivity contribution >= 4 is 5.97 Å². The number of alkyl halides is 4. The van der Waals surface area contributed by atoms with E-state index >= 15 is 0 Å². The first-order chi connectivity index (χ1) is 6.39. The van der Waals surface area contributed by atoms with Gasteiger partial charge in [-0.2, -0.15) is 8.78 Å². The van der Waals surface area contributed by atoms with Crippen molar-refractivity contribution in [2.75, 3.05) is 0 Å². The normalized spacial score (nSPS) is 17.7. The Bertz CT molecular complexity index is 263. The molecule has 9 heteroatoms. The second-order valence-corrected chi connectivity index (χ2v) is 3.21. The fourth-order valence-electron chi connectivity index (χ4n) is 0.707. The average molecular weight is 239 g/mol. The van der Waals surface area contributed by atoms with E-state index in [4.69, 9.17) is 5.11 Å². The molecule has 1 atom stereocenters. The zero-order chi connectivity index (χ0) is 12.7. The van der Waals surface area contributed by atoms with Gasteiger partial charge in [0.2, 0.25) is 0 Å². The molecule has 0 unspecified atom stereocenters. The largest absolute Gasteiger partial charge is 0.478 e. The third-order valence-corrected chi connectivity index (χ3v) is 1.68. The summed E-state index contributed by atoms with van der Waals surface area (Å²) in [5, 5.41) is 5.09. The van der Waals surface area contributed by atoms with Crippen LogP contribution in [0.15, 0.2) is 0 Å². The molecule has 90 valence electrons. The number of rotatable bonds is 4. The van der Waals surface area contributed by atoms with Gasteiger partial charge in [-0.3, -0.25) is 0 Å². The van der Waals surface area contributed by atoms with E-state index in [0.717, 1.165) is 0 Å². The van der Waals surface area contributed by atoms with E-state index in [1.54, 1.807) is 0 Å². The molecule has 0 rings (SSSR count). The van der Waals surface area contributed by atoms with Crippen LogP contribution in [0.3, 0.4) is 0 Å². The molecule has 0 amide bonds. The smallest absolute Gasteiger partial charge is 0.381 e. The molecule has 0 aromatic carbocycles. The van der Waals surface area contributed by atoms with Gasteiger partial charge in [0.1, 0.15) is 0 Å². The third kappa shape index (κ3) is 1.87. The fraction of sp³-hybridized carbons (Fsp3) is 0.833. The fourth-order valence-corrected chi connectivity index (χ4v) is 0.707. The van der Waals surface area contributed by atoms with Crippen molar-refractivity contribution in [2.24, 2.45) is 0 Å². The van der Waals surface area contributed by atoms with Crippen LogP contribution >= 0.6 is 0 Å². The lowest BCUT2D eigenvalue weighted by Crippen LogP contribution is -2.64. The Labute approximate surface area is 80.1 Å². The van der Waals surface area contributed by atoms with Gasteiger partial charge >= 0.3 is 17.7 Å². The molecule has 15 heavy (non-hydrogen) atoms. The highest BCUT2D eigenvalue weighted by Crippen LogP contribution is 2.45. The van der Waals surface area contributed by atoms with Crippen molar-refractivity contribution < 1.29 is 36.4 Å². The van der Waals surface area contributed by atoms with Crippen LogP contribution in [0.5, 0.6) is 0 Å². The van der Waals surface area contributed by atoms with Gasteiger partial charge in [-0.05, 0) is 13.8 Å². The molecule has 1 N–H and O–H groups in total. The van der Waals surface area contributed by atoms with Crippen LogP contribution in [0.1, 0.15) is 13.8 Å². The second kappa shape index (κ2) is 3.54. The van der Waals surface area contributed by atoms with Crippen molar-refractivity contribution in [2.45, 2.75) is 31.2 Å². The lowest BCUT2D eigenvalue weighted by atomic mass is 9.93. The van der Waals surface area contributed by atoms with Crippen molar-refractivity contribution in [1.29, 1.82) is 0 Å². The van der Waals surface area contributed by atoms with Gasteiger partial charge in [-0.1, -0.05) is 8.96 Å². The first-order valence-electron chi connectivity index (χ1n) is 3.50. The maximum absolute atomic E-state index is 12.9. The molecule has 0 radical (unpaired) electrons. The third-order valence-electron chi connectivity index (χ3n) is 1.68. The van der Waals surface area contributed by atoms with Crippen molar-refractivity contribution in [3.05, 3.63) is 0 Å². The molecule has 3 nitrogen and oxygen atoms in total. The summed E-state index contributed by atoms with van der Waals surface area (Å²) in [4.78, 5) is 10.0. The lowest BCUT2D eigenvalue weighted by Gasteiger charge is -2.34. The van der Waals surface area contributed by atoms with Crippen LogP contribution in [-0.2, 0) is 4.79 Å². The number of halogens is 6. The Morgan fingerprint density at radius 1 is 1.13 bits per heavy atom. The van der Waals surface area contributed by atoms with Crippen LogP contribution in [0.4, 0.5) is 26.5 Å². The lowest BCUT2D eigenvalue weighted by molar-refractivity contribution is -0.355. The molecular formula is C6H7F6NO2. The number of nitrogens with zero attached hydrogens (tertiary/aromatic N) is 1. The summed E-state index contributed by atoms with van der Waals surface area (Å²) in [5.41, 5.74) is -3.77. The zero-order valence-corrected chi connectivity index (χ0v) is 7.57. The highest BCUT2D eigenvalue weighted by Gasteiger charge is 2.74. The summed E-state index contributed by atoms with van der Waals surface area (Å²) in [6.45, 7) is 0.182. The van der Waals surface area contributed by atoms with E-state index < -0.39 is 28.7 Å². The topological polar surface area (TPSA) is 40.5 Å². The Hall–Kier alpha value is -0.990. The first-order valence-corrected chi connectivity index (χ1v) is 3.50. The van der Waals surface area contributed by atoms with Gasteiger partial charge in [-0.25, -0.2) is 13.6 Å². The van der Waals surface area contributed by atoms with Gasteiger partial charge in [0.05, 0.1) is 5.34 Å². The predicted molar refractivity (Wildman–Crippen MR) is 35.7 cm³/mol. The van der Waals surface area contributed by atoms with E-state index in [1.165, 1.54) is 0 Å². The van der Waals surface area contributed by atoms with E-state index in [1.807, 2.05) is 0 Å². The van der Waals surface area contributed by atoms with Crippen LogP contribution in [0.25, 0.3) is 0 Å². The summed E-state index contributed by atoms with van der Waals surface area (Å²) in [7, 11) is 0. The van der Waals surface area contributed by atoms with E-state index in [-0.39, 0.29) is 13.8 Å². The standard InChI is InChI=1S/C6H7F6NO2/c1-4(2,7)6(9,10)5(8,3(14)15)13(11)12/h1-2H3,(H,14,15)/t5-/m1/s1. The summed E-state index contributed by atoms with van der Waals surface area (Å²) >= 11 is 0. The van der Waals surface area contributed by atoms with Crippen LogP contribution in [0, 0.1) is 0 Å². The van der Waals surface area contributed by atoms with Gasteiger partial charge < -0.3 is 5.11 Å². The highest BCUT2D eigenvalue weighted by molar-refractivity contribution is 5.78. The van der Waals surface area contributed by atoms with Crippen LogP contribution in [-0.4, -0.2) is 33.8 Å². The summed E-state index contributed by atoms with van der Waals surface area (Å²) < 4.78 is 74.9. The molecule has 0 aromatic rings. The van der Waals surface area contributed by atoms with Crippen molar-refractivity contribution in [3.8, 4) is 0 Å². The minimum absolute atomic E-state index is 0.0910. The van der Waals surface area contributed by atoms with Crippen LogP contribution < -0.4 is 0 Å².